The lowest BCUT2D eigenvalue weighted by Gasteiger charge is -2.59. The topological polar surface area (TPSA) is 30.5 Å². The largest absolute Gasteiger partial charge is 0.490 e. The molecular formula is C28H35BrClNO2. The van der Waals surface area contributed by atoms with Gasteiger partial charge in [0.15, 0.2) is 11.5 Å². The van der Waals surface area contributed by atoms with Crippen LogP contribution in [-0.4, -0.2) is 12.6 Å². The highest BCUT2D eigenvalue weighted by Gasteiger charge is 2.52. The van der Waals surface area contributed by atoms with Crippen molar-refractivity contribution in [3.05, 3.63) is 57.0 Å². The molecule has 4 bridgehead atoms. The predicted octanol–water partition coefficient (Wildman–Crippen LogP) is 7.77. The van der Waals surface area contributed by atoms with Gasteiger partial charge in [0.25, 0.3) is 0 Å². The maximum absolute atomic E-state index is 6.31. The van der Waals surface area contributed by atoms with Gasteiger partial charge in [0, 0.05) is 23.2 Å². The maximum atomic E-state index is 6.31. The van der Waals surface area contributed by atoms with Crippen molar-refractivity contribution in [1.29, 1.82) is 0 Å². The summed E-state index contributed by atoms with van der Waals surface area (Å²) in [7, 11) is 0. The summed E-state index contributed by atoms with van der Waals surface area (Å²) in [6.45, 7) is 6.26. The Bertz CT molecular complexity index is 959. The van der Waals surface area contributed by atoms with Gasteiger partial charge in [-0.3, -0.25) is 0 Å². The molecule has 0 saturated heterocycles. The summed E-state index contributed by atoms with van der Waals surface area (Å²) >= 11 is 10.0. The Morgan fingerprint density at radius 1 is 1.06 bits per heavy atom. The van der Waals surface area contributed by atoms with E-state index >= 15 is 0 Å². The highest BCUT2D eigenvalue weighted by Crippen LogP contribution is 2.61. The molecule has 0 unspecified atom stereocenters. The summed E-state index contributed by atoms with van der Waals surface area (Å²) in [4.78, 5) is 0. The van der Waals surface area contributed by atoms with Crippen molar-refractivity contribution in [2.24, 2.45) is 23.2 Å². The van der Waals surface area contributed by atoms with Crippen LogP contribution in [0, 0.1) is 23.2 Å². The summed E-state index contributed by atoms with van der Waals surface area (Å²) < 4.78 is 13.0. The van der Waals surface area contributed by atoms with Crippen molar-refractivity contribution >= 4 is 27.5 Å². The fourth-order valence-electron chi connectivity index (χ4n) is 7.09. The summed E-state index contributed by atoms with van der Waals surface area (Å²) in [5.41, 5.74) is 2.68. The lowest BCUT2D eigenvalue weighted by molar-refractivity contribution is -0.0706. The number of halogens is 2. The van der Waals surface area contributed by atoms with E-state index in [1.165, 1.54) is 44.1 Å². The van der Waals surface area contributed by atoms with Crippen LogP contribution in [-0.2, 0) is 13.2 Å². The standard InChI is InChI=1S/C28H35BrClNO2/c1-3-32-26-12-22(11-24(29)27(26)33-17-23-6-4-5-7-25(23)30)16-31-18(2)28-13-19-8-20(14-28)10-21(9-19)15-28/h4-7,11-12,18-21,31H,3,8-10,13-17H2,1-2H3/t18-,19?,20?,21?,28?/m0/s1. The van der Waals surface area contributed by atoms with Gasteiger partial charge in [-0.15, -0.1) is 0 Å². The lowest BCUT2D eigenvalue weighted by atomic mass is 9.48. The van der Waals surface area contributed by atoms with E-state index in [0.29, 0.717) is 29.7 Å². The summed E-state index contributed by atoms with van der Waals surface area (Å²) in [5, 5.41) is 4.62. The fourth-order valence-corrected chi connectivity index (χ4v) is 7.88. The van der Waals surface area contributed by atoms with E-state index in [1.54, 1.807) is 0 Å². The molecule has 0 radical (unpaired) electrons. The van der Waals surface area contributed by atoms with E-state index in [9.17, 15) is 0 Å². The molecular weight excluding hydrogens is 498 g/mol. The smallest absolute Gasteiger partial charge is 0.175 e. The molecule has 178 valence electrons. The van der Waals surface area contributed by atoms with E-state index in [4.69, 9.17) is 21.1 Å². The molecule has 1 N–H and O–H groups in total. The fraction of sp³-hybridized carbons (Fsp3) is 0.571. The molecule has 2 aromatic carbocycles. The normalized spacial score (nSPS) is 28.7. The highest BCUT2D eigenvalue weighted by atomic mass is 79.9. The van der Waals surface area contributed by atoms with Crippen molar-refractivity contribution in [3.63, 3.8) is 0 Å². The Morgan fingerprint density at radius 2 is 1.73 bits per heavy atom. The van der Waals surface area contributed by atoms with Gasteiger partial charge in [0.2, 0.25) is 0 Å². The third kappa shape index (κ3) is 4.94. The van der Waals surface area contributed by atoms with Gasteiger partial charge in [-0.1, -0.05) is 29.8 Å². The molecule has 0 amide bonds. The van der Waals surface area contributed by atoms with Crippen LogP contribution in [0.4, 0.5) is 0 Å². The molecule has 1 atom stereocenters. The van der Waals surface area contributed by atoms with Crippen molar-refractivity contribution in [2.45, 2.75) is 71.6 Å². The number of nitrogens with one attached hydrogen (secondary N) is 1. The van der Waals surface area contributed by atoms with Crippen LogP contribution >= 0.6 is 27.5 Å². The molecule has 0 aliphatic heterocycles. The number of hydrogen-bond donors (Lipinski definition) is 1. The molecule has 5 heteroatoms. The minimum atomic E-state index is 0.402. The minimum absolute atomic E-state index is 0.402. The zero-order chi connectivity index (χ0) is 23.0. The molecule has 6 rings (SSSR count). The van der Waals surface area contributed by atoms with Crippen molar-refractivity contribution < 1.29 is 9.47 Å². The highest BCUT2D eigenvalue weighted by molar-refractivity contribution is 9.10. The summed E-state index contributed by atoms with van der Waals surface area (Å²) in [6, 6.07) is 12.6. The predicted molar refractivity (Wildman–Crippen MR) is 138 cm³/mol. The summed E-state index contributed by atoms with van der Waals surface area (Å²) in [6.07, 6.45) is 8.76. The first-order valence-corrected chi connectivity index (χ1v) is 13.7. The lowest BCUT2D eigenvalue weighted by Crippen LogP contribution is -2.54. The molecule has 0 heterocycles. The zero-order valence-electron chi connectivity index (χ0n) is 19.7. The monoisotopic (exact) mass is 531 g/mol. The average Bonchev–Trinajstić information content (AvgIpc) is 2.77. The third-order valence-corrected chi connectivity index (χ3v) is 9.27. The first-order valence-electron chi connectivity index (χ1n) is 12.5. The maximum Gasteiger partial charge on any atom is 0.175 e. The van der Waals surface area contributed by atoms with Crippen LogP contribution in [0.2, 0.25) is 5.02 Å². The molecule has 4 aliphatic rings. The molecule has 4 fully saturated rings. The van der Waals surface area contributed by atoms with Gasteiger partial charge in [-0.25, -0.2) is 0 Å². The van der Waals surface area contributed by atoms with Crippen LogP contribution in [0.1, 0.15) is 63.5 Å². The first-order chi connectivity index (χ1) is 16.0. The zero-order valence-corrected chi connectivity index (χ0v) is 22.1. The summed E-state index contributed by atoms with van der Waals surface area (Å²) in [5.74, 6) is 4.45. The van der Waals surface area contributed by atoms with Crippen LogP contribution in [0.3, 0.4) is 0 Å². The molecule has 0 spiro atoms. The van der Waals surface area contributed by atoms with Gasteiger partial charge < -0.3 is 14.8 Å². The van der Waals surface area contributed by atoms with Gasteiger partial charge in [0.05, 0.1) is 11.1 Å². The van der Waals surface area contributed by atoms with Gasteiger partial charge >= 0.3 is 0 Å². The van der Waals surface area contributed by atoms with Crippen LogP contribution < -0.4 is 14.8 Å². The molecule has 3 nitrogen and oxygen atoms in total. The molecule has 4 saturated carbocycles. The second-order valence-electron chi connectivity index (χ2n) is 10.6. The van der Waals surface area contributed by atoms with Crippen molar-refractivity contribution in [3.8, 4) is 11.5 Å². The van der Waals surface area contributed by atoms with Gasteiger partial charge in [-0.2, -0.15) is 0 Å². The van der Waals surface area contributed by atoms with E-state index in [2.05, 4.69) is 40.3 Å². The third-order valence-electron chi connectivity index (χ3n) is 8.32. The van der Waals surface area contributed by atoms with Crippen LogP contribution in [0.25, 0.3) is 0 Å². The molecule has 33 heavy (non-hydrogen) atoms. The number of rotatable bonds is 9. The van der Waals surface area contributed by atoms with E-state index < -0.39 is 0 Å². The second-order valence-corrected chi connectivity index (χ2v) is 11.9. The van der Waals surface area contributed by atoms with Gasteiger partial charge in [-0.05, 0) is 115 Å². The van der Waals surface area contributed by atoms with Gasteiger partial charge in [0.1, 0.15) is 6.61 Å². The Kier molecular flexibility index (Phi) is 6.98. The van der Waals surface area contributed by atoms with E-state index in [1.807, 2.05) is 31.2 Å². The Labute approximate surface area is 211 Å². The van der Waals surface area contributed by atoms with E-state index in [-0.39, 0.29) is 0 Å². The van der Waals surface area contributed by atoms with Crippen molar-refractivity contribution in [2.75, 3.05) is 6.61 Å². The average molecular weight is 533 g/mol. The van der Waals surface area contributed by atoms with Crippen molar-refractivity contribution in [1.82, 2.24) is 5.32 Å². The SMILES string of the molecule is CCOc1cc(CN[C@@H](C)C23CC4CC(CC(C4)C2)C3)cc(Br)c1OCc1ccccc1Cl. The number of ether oxygens (including phenoxy) is 2. The van der Waals surface area contributed by atoms with Crippen LogP contribution in [0.5, 0.6) is 11.5 Å². The second kappa shape index (κ2) is 9.79. The Balaban J connectivity index is 1.27. The van der Waals surface area contributed by atoms with Crippen LogP contribution in [0.15, 0.2) is 40.9 Å². The molecule has 2 aromatic rings. The van der Waals surface area contributed by atoms with E-state index in [0.717, 1.165) is 45.8 Å². The first kappa shape index (κ1) is 23.5. The minimum Gasteiger partial charge on any atom is -0.490 e. The Morgan fingerprint density at radius 3 is 2.36 bits per heavy atom. The quantitative estimate of drug-likeness (QED) is 0.358. The Hall–Kier alpha value is -1.23. The molecule has 4 aliphatic carbocycles. The number of benzene rings is 2. The number of hydrogen-bond acceptors (Lipinski definition) is 3. The molecule has 0 aromatic heterocycles.